The summed E-state index contributed by atoms with van der Waals surface area (Å²) in [5.41, 5.74) is 0.350. The Labute approximate surface area is 123 Å². The van der Waals surface area contributed by atoms with Crippen LogP contribution in [0.3, 0.4) is 0 Å². The lowest BCUT2D eigenvalue weighted by atomic mass is 10.4. The molecule has 108 valence electrons. The number of hydrogen-bond acceptors (Lipinski definition) is 4. The molecule has 0 fully saturated rings. The monoisotopic (exact) mass is 361 g/mol. The lowest BCUT2D eigenvalue weighted by Crippen LogP contribution is -2.19. The van der Waals surface area contributed by atoms with Crippen molar-refractivity contribution in [1.29, 1.82) is 0 Å². The van der Waals surface area contributed by atoms with Gasteiger partial charge in [0.2, 0.25) is 10.0 Å². The SMILES string of the molecule is Cn1cc(S(N)(=O)=O)c(NC(=O)c2cc(Br)cn2C)n1. The van der Waals surface area contributed by atoms with E-state index in [1.807, 2.05) is 0 Å². The molecule has 0 aromatic carbocycles. The average Bonchev–Trinajstić information content (AvgIpc) is 2.81. The number of carbonyl (C=O) groups excluding carboxylic acids is 1. The highest BCUT2D eigenvalue weighted by atomic mass is 79.9. The van der Waals surface area contributed by atoms with Gasteiger partial charge >= 0.3 is 0 Å². The fraction of sp³-hybridized carbons (Fsp3) is 0.200. The van der Waals surface area contributed by atoms with Gasteiger partial charge in [-0.1, -0.05) is 0 Å². The first-order chi connectivity index (χ1) is 9.18. The fourth-order valence-electron chi connectivity index (χ4n) is 1.68. The Morgan fingerprint density at radius 1 is 1.40 bits per heavy atom. The number of halogens is 1. The van der Waals surface area contributed by atoms with E-state index in [-0.39, 0.29) is 10.7 Å². The van der Waals surface area contributed by atoms with Crippen LogP contribution in [0.5, 0.6) is 0 Å². The molecule has 8 nitrogen and oxygen atoms in total. The van der Waals surface area contributed by atoms with Crippen molar-refractivity contribution in [3.05, 3.63) is 28.6 Å². The molecule has 0 spiro atoms. The van der Waals surface area contributed by atoms with Gasteiger partial charge in [0.05, 0.1) is 0 Å². The molecule has 2 heterocycles. The summed E-state index contributed by atoms with van der Waals surface area (Å²) in [6.07, 6.45) is 2.93. The predicted octanol–water partition coefficient (Wildman–Crippen LogP) is 0.421. The van der Waals surface area contributed by atoms with Gasteiger partial charge in [0.1, 0.15) is 10.6 Å². The van der Waals surface area contributed by atoms with E-state index in [4.69, 9.17) is 5.14 Å². The van der Waals surface area contributed by atoms with Gasteiger partial charge in [-0.3, -0.25) is 9.48 Å². The second-order valence-corrected chi connectivity index (χ2v) is 6.61. The highest BCUT2D eigenvalue weighted by Crippen LogP contribution is 2.19. The number of amides is 1. The van der Waals surface area contributed by atoms with Gasteiger partial charge in [-0.25, -0.2) is 13.6 Å². The smallest absolute Gasteiger partial charge is 0.273 e. The van der Waals surface area contributed by atoms with Gasteiger partial charge < -0.3 is 9.88 Å². The molecule has 0 bridgehead atoms. The summed E-state index contributed by atoms with van der Waals surface area (Å²) >= 11 is 3.25. The quantitative estimate of drug-likeness (QED) is 0.824. The van der Waals surface area contributed by atoms with Crippen LogP contribution < -0.4 is 10.5 Å². The van der Waals surface area contributed by atoms with Crippen LogP contribution >= 0.6 is 15.9 Å². The van der Waals surface area contributed by atoms with Crippen LogP contribution in [-0.4, -0.2) is 28.7 Å². The van der Waals surface area contributed by atoms with Crippen LogP contribution in [0.25, 0.3) is 0 Å². The molecule has 0 aliphatic heterocycles. The molecule has 0 radical (unpaired) electrons. The lowest BCUT2D eigenvalue weighted by molar-refractivity contribution is 0.101. The zero-order valence-corrected chi connectivity index (χ0v) is 13.1. The molecule has 2 rings (SSSR count). The fourth-order valence-corrected chi connectivity index (χ4v) is 2.87. The number of rotatable bonds is 3. The first-order valence-corrected chi connectivity index (χ1v) is 7.72. The summed E-state index contributed by atoms with van der Waals surface area (Å²) in [5.74, 6) is -0.584. The predicted molar refractivity (Wildman–Crippen MR) is 75.6 cm³/mol. The molecule has 20 heavy (non-hydrogen) atoms. The Morgan fingerprint density at radius 3 is 2.55 bits per heavy atom. The summed E-state index contributed by atoms with van der Waals surface area (Å²) in [7, 11) is -0.735. The molecule has 2 aromatic rings. The maximum atomic E-state index is 12.1. The van der Waals surface area contributed by atoms with Crippen molar-refractivity contribution in [2.24, 2.45) is 19.2 Å². The van der Waals surface area contributed by atoms with E-state index in [2.05, 4.69) is 26.3 Å². The molecule has 2 aromatic heterocycles. The van der Waals surface area contributed by atoms with Gasteiger partial charge in [-0.2, -0.15) is 5.10 Å². The minimum atomic E-state index is -3.96. The summed E-state index contributed by atoms with van der Waals surface area (Å²) in [6, 6.07) is 1.61. The largest absolute Gasteiger partial charge is 0.345 e. The minimum Gasteiger partial charge on any atom is -0.345 e. The number of nitrogens with two attached hydrogens (primary N) is 1. The van der Waals surface area contributed by atoms with E-state index in [0.29, 0.717) is 5.69 Å². The topological polar surface area (TPSA) is 112 Å². The van der Waals surface area contributed by atoms with Crippen molar-refractivity contribution in [1.82, 2.24) is 14.3 Å². The zero-order chi connectivity index (χ0) is 15.1. The number of hydrogen-bond donors (Lipinski definition) is 2. The first-order valence-electron chi connectivity index (χ1n) is 5.38. The Hall–Kier alpha value is -1.65. The Bertz CT molecular complexity index is 777. The Morgan fingerprint density at radius 2 is 2.05 bits per heavy atom. The maximum absolute atomic E-state index is 12.1. The van der Waals surface area contributed by atoms with Gasteiger partial charge in [-0.05, 0) is 22.0 Å². The number of carbonyl (C=O) groups is 1. The van der Waals surface area contributed by atoms with Crippen molar-refractivity contribution in [3.63, 3.8) is 0 Å². The van der Waals surface area contributed by atoms with Crippen LogP contribution in [-0.2, 0) is 24.1 Å². The van der Waals surface area contributed by atoms with E-state index in [1.165, 1.54) is 17.9 Å². The van der Waals surface area contributed by atoms with Gasteiger partial charge in [0.25, 0.3) is 5.91 Å². The van der Waals surface area contributed by atoms with Crippen molar-refractivity contribution >= 4 is 37.7 Å². The molecule has 3 N–H and O–H groups in total. The number of aromatic nitrogens is 3. The summed E-state index contributed by atoms with van der Waals surface area (Å²) in [4.78, 5) is 11.9. The van der Waals surface area contributed by atoms with E-state index in [0.717, 1.165) is 4.47 Å². The molecule has 0 saturated heterocycles. The summed E-state index contributed by atoms with van der Waals surface area (Å²) in [6.45, 7) is 0. The van der Waals surface area contributed by atoms with E-state index in [1.54, 1.807) is 23.9 Å². The number of nitrogens with one attached hydrogen (secondary N) is 1. The normalized spacial score (nSPS) is 11.6. The number of sulfonamides is 1. The van der Waals surface area contributed by atoms with E-state index >= 15 is 0 Å². The van der Waals surface area contributed by atoms with Crippen LogP contribution in [0.2, 0.25) is 0 Å². The van der Waals surface area contributed by atoms with Crippen LogP contribution in [0.15, 0.2) is 27.8 Å². The van der Waals surface area contributed by atoms with Crippen molar-refractivity contribution < 1.29 is 13.2 Å². The second-order valence-electron chi connectivity index (χ2n) is 4.17. The summed E-state index contributed by atoms with van der Waals surface area (Å²) in [5, 5.41) is 11.4. The van der Waals surface area contributed by atoms with Crippen molar-refractivity contribution in [2.45, 2.75) is 4.90 Å². The summed E-state index contributed by atoms with van der Waals surface area (Å²) < 4.78 is 26.4. The standard InChI is InChI=1S/C10H12BrN5O3S/c1-15-4-6(11)3-7(15)10(17)13-9-8(20(12,18)19)5-16(2)14-9/h3-5H,1-2H3,(H2,12,18,19)(H,13,14,17). The van der Waals surface area contributed by atoms with E-state index < -0.39 is 15.9 Å². The van der Waals surface area contributed by atoms with Crippen molar-refractivity contribution in [3.8, 4) is 0 Å². The Kier molecular flexibility index (Phi) is 3.71. The van der Waals surface area contributed by atoms with Crippen LogP contribution in [0.4, 0.5) is 5.82 Å². The molecule has 0 atom stereocenters. The van der Waals surface area contributed by atoms with Crippen LogP contribution in [0.1, 0.15) is 10.5 Å². The highest BCUT2D eigenvalue weighted by Gasteiger charge is 2.21. The molecular formula is C10H12BrN5O3S. The molecule has 0 saturated carbocycles. The molecule has 0 aliphatic rings. The number of aryl methyl sites for hydroxylation is 2. The van der Waals surface area contributed by atoms with Gasteiger partial charge in [0, 0.05) is 31.0 Å². The second kappa shape index (κ2) is 5.04. The number of anilines is 1. The minimum absolute atomic E-state index is 0.0997. The third-order valence-corrected chi connectivity index (χ3v) is 3.88. The van der Waals surface area contributed by atoms with E-state index in [9.17, 15) is 13.2 Å². The zero-order valence-electron chi connectivity index (χ0n) is 10.7. The highest BCUT2D eigenvalue weighted by molar-refractivity contribution is 9.10. The Balaban J connectivity index is 2.36. The van der Waals surface area contributed by atoms with Gasteiger partial charge in [0.15, 0.2) is 5.82 Å². The van der Waals surface area contributed by atoms with Gasteiger partial charge in [-0.15, -0.1) is 0 Å². The third kappa shape index (κ3) is 2.92. The van der Waals surface area contributed by atoms with Crippen LogP contribution in [0, 0.1) is 0 Å². The maximum Gasteiger partial charge on any atom is 0.273 e. The lowest BCUT2D eigenvalue weighted by Gasteiger charge is -2.04. The average molecular weight is 362 g/mol. The molecule has 0 aliphatic carbocycles. The first kappa shape index (κ1) is 14.8. The number of primary sulfonamides is 1. The molecule has 0 unspecified atom stereocenters. The molecule has 1 amide bonds. The molecular weight excluding hydrogens is 350 g/mol. The number of nitrogens with zero attached hydrogens (tertiary/aromatic N) is 3. The third-order valence-electron chi connectivity index (χ3n) is 2.54. The molecule has 10 heteroatoms. The van der Waals surface area contributed by atoms with Crippen molar-refractivity contribution in [2.75, 3.05) is 5.32 Å².